The first-order valence-corrected chi connectivity index (χ1v) is 9.79. The first-order chi connectivity index (χ1) is 14.3. The maximum absolute atomic E-state index is 12.0. The summed E-state index contributed by atoms with van der Waals surface area (Å²) >= 11 is 1.25. The second-order valence-corrected chi connectivity index (χ2v) is 6.92. The van der Waals surface area contributed by atoms with Gasteiger partial charge in [0.05, 0.1) is 17.7 Å². The summed E-state index contributed by atoms with van der Waals surface area (Å²) in [6.45, 7) is 0. The number of H-pyrrole nitrogens is 1. The predicted molar refractivity (Wildman–Crippen MR) is 112 cm³/mol. The SMILES string of the molecule is O=C(CSc1ncn[nH]1)N/N=C/c1cn(-c2ccccc2)nc1-c1ccccc1. The molecule has 4 aromatic rings. The second kappa shape index (κ2) is 8.98. The zero-order valence-electron chi connectivity index (χ0n) is 15.3. The number of hydrazone groups is 1. The highest BCUT2D eigenvalue weighted by Gasteiger charge is 2.11. The minimum absolute atomic E-state index is 0.182. The molecule has 2 aromatic carbocycles. The van der Waals surface area contributed by atoms with Gasteiger partial charge in [-0.25, -0.2) is 15.1 Å². The first-order valence-electron chi connectivity index (χ1n) is 8.80. The molecule has 0 aliphatic carbocycles. The van der Waals surface area contributed by atoms with Gasteiger partial charge in [-0.15, -0.1) is 0 Å². The number of amides is 1. The van der Waals surface area contributed by atoms with Crippen molar-refractivity contribution in [3.63, 3.8) is 0 Å². The Balaban J connectivity index is 1.51. The molecule has 2 aromatic heterocycles. The maximum Gasteiger partial charge on any atom is 0.250 e. The van der Waals surface area contributed by atoms with Gasteiger partial charge in [0, 0.05) is 17.3 Å². The van der Waals surface area contributed by atoms with Crippen LogP contribution in [0, 0.1) is 0 Å². The molecule has 0 bridgehead atoms. The van der Waals surface area contributed by atoms with Crippen molar-refractivity contribution in [3.05, 3.63) is 78.8 Å². The van der Waals surface area contributed by atoms with E-state index >= 15 is 0 Å². The van der Waals surface area contributed by atoms with E-state index in [1.54, 1.807) is 10.9 Å². The van der Waals surface area contributed by atoms with Crippen LogP contribution >= 0.6 is 11.8 Å². The summed E-state index contributed by atoms with van der Waals surface area (Å²) in [5, 5.41) is 15.8. The van der Waals surface area contributed by atoms with Crippen molar-refractivity contribution in [3.8, 4) is 16.9 Å². The average molecular weight is 403 g/mol. The van der Waals surface area contributed by atoms with E-state index in [0.717, 1.165) is 22.5 Å². The smallest absolute Gasteiger partial charge is 0.250 e. The van der Waals surface area contributed by atoms with Crippen LogP contribution in [0.1, 0.15) is 5.56 Å². The lowest BCUT2D eigenvalue weighted by Gasteiger charge is -2.00. The van der Waals surface area contributed by atoms with Crippen molar-refractivity contribution in [1.29, 1.82) is 0 Å². The van der Waals surface area contributed by atoms with Gasteiger partial charge in [0.15, 0.2) is 5.16 Å². The largest absolute Gasteiger partial charge is 0.272 e. The van der Waals surface area contributed by atoms with Gasteiger partial charge < -0.3 is 0 Å². The number of nitrogens with one attached hydrogen (secondary N) is 2. The van der Waals surface area contributed by atoms with E-state index in [1.807, 2.05) is 66.9 Å². The van der Waals surface area contributed by atoms with E-state index in [-0.39, 0.29) is 11.7 Å². The van der Waals surface area contributed by atoms with Crippen LogP contribution in [0.2, 0.25) is 0 Å². The van der Waals surface area contributed by atoms with E-state index in [4.69, 9.17) is 5.10 Å². The normalized spacial score (nSPS) is 11.0. The number of aromatic amines is 1. The zero-order chi connectivity index (χ0) is 19.9. The molecule has 0 atom stereocenters. The number of hydrogen-bond donors (Lipinski definition) is 2. The summed E-state index contributed by atoms with van der Waals surface area (Å²) in [6.07, 6.45) is 4.89. The number of para-hydroxylation sites is 1. The lowest BCUT2D eigenvalue weighted by atomic mass is 10.1. The number of thioether (sulfide) groups is 1. The molecule has 9 heteroatoms. The quantitative estimate of drug-likeness (QED) is 0.281. The van der Waals surface area contributed by atoms with Crippen LogP contribution in [-0.2, 0) is 4.79 Å². The highest BCUT2D eigenvalue weighted by molar-refractivity contribution is 7.99. The molecular formula is C20H17N7OS. The molecule has 1 amide bonds. The third-order valence-corrected chi connectivity index (χ3v) is 4.81. The van der Waals surface area contributed by atoms with Gasteiger partial charge in [0.25, 0.3) is 5.91 Å². The molecule has 144 valence electrons. The number of carbonyl (C=O) groups is 1. The van der Waals surface area contributed by atoms with Crippen LogP contribution in [0.15, 0.2) is 83.4 Å². The Labute approximate surface area is 171 Å². The number of rotatable bonds is 7. The van der Waals surface area contributed by atoms with Gasteiger partial charge in [-0.3, -0.25) is 9.89 Å². The molecule has 0 radical (unpaired) electrons. The van der Waals surface area contributed by atoms with E-state index in [1.165, 1.54) is 18.1 Å². The van der Waals surface area contributed by atoms with Crippen LogP contribution in [0.5, 0.6) is 0 Å². The van der Waals surface area contributed by atoms with Crippen LogP contribution in [-0.4, -0.2) is 42.8 Å². The molecule has 4 rings (SSSR count). The van der Waals surface area contributed by atoms with Gasteiger partial charge in [-0.2, -0.15) is 15.3 Å². The topological polar surface area (TPSA) is 101 Å². The Kier molecular flexibility index (Phi) is 5.77. The molecule has 0 unspecified atom stereocenters. The van der Waals surface area contributed by atoms with Crippen LogP contribution in [0.3, 0.4) is 0 Å². The molecule has 2 N–H and O–H groups in total. The fourth-order valence-corrected chi connectivity index (χ4v) is 3.19. The summed E-state index contributed by atoms with van der Waals surface area (Å²) in [5.41, 5.74) is 6.02. The monoisotopic (exact) mass is 403 g/mol. The Morgan fingerprint density at radius 2 is 1.90 bits per heavy atom. The number of hydrogen-bond acceptors (Lipinski definition) is 6. The summed E-state index contributed by atoms with van der Waals surface area (Å²) in [6, 6.07) is 19.7. The minimum atomic E-state index is -0.237. The van der Waals surface area contributed by atoms with Crippen molar-refractivity contribution in [2.45, 2.75) is 5.16 Å². The molecule has 29 heavy (non-hydrogen) atoms. The fourth-order valence-electron chi connectivity index (χ4n) is 2.62. The molecule has 0 aliphatic rings. The second-order valence-electron chi connectivity index (χ2n) is 5.95. The Bertz CT molecular complexity index is 1090. The number of carbonyl (C=O) groups excluding carboxylic acids is 1. The van der Waals surface area contributed by atoms with Gasteiger partial charge in [0.1, 0.15) is 12.0 Å². The third kappa shape index (κ3) is 4.77. The third-order valence-electron chi connectivity index (χ3n) is 3.94. The van der Waals surface area contributed by atoms with E-state index in [0.29, 0.717) is 5.16 Å². The van der Waals surface area contributed by atoms with Gasteiger partial charge in [-0.1, -0.05) is 60.3 Å². The maximum atomic E-state index is 12.0. The van der Waals surface area contributed by atoms with Gasteiger partial charge in [0.2, 0.25) is 0 Å². The Morgan fingerprint density at radius 3 is 2.62 bits per heavy atom. The van der Waals surface area contributed by atoms with Crippen molar-refractivity contribution in [2.75, 3.05) is 5.75 Å². The van der Waals surface area contributed by atoms with Gasteiger partial charge >= 0.3 is 0 Å². The first kappa shape index (κ1) is 18.6. The van der Waals surface area contributed by atoms with Crippen molar-refractivity contribution in [1.82, 2.24) is 30.4 Å². The highest BCUT2D eigenvalue weighted by atomic mass is 32.2. The van der Waals surface area contributed by atoms with Crippen molar-refractivity contribution in [2.24, 2.45) is 5.10 Å². The standard InChI is InChI=1S/C20H17N7OS/c28-18(13-29-20-21-14-23-25-20)24-22-11-16-12-27(17-9-5-2-6-10-17)26-19(16)15-7-3-1-4-8-15/h1-12,14H,13H2,(H,24,28)(H,21,23,25)/b22-11+. The lowest BCUT2D eigenvalue weighted by Crippen LogP contribution is -2.19. The molecular weight excluding hydrogens is 386 g/mol. The van der Waals surface area contributed by atoms with E-state index in [9.17, 15) is 4.79 Å². The average Bonchev–Trinajstić information content (AvgIpc) is 3.44. The van der Waals surface area contributed by atoms with Crippen molar-refractivity contribution < 1.29 is 4.79 Å². The highest BCUT2D eigenvalue weighted by Crippen LogP contribution is 2.22. The zero-order valence-corrected chi connectivity index (χ0v) is 16.1. The molecule has 0 fully saturated rings. The molecule has 0 saturated heterocycles. The summed E-state index contributed by atoms with van der Waals surface area (Å²) in [7, 11) is 0. The van der Waals surface area contributed by atoms with E-state index in [2.05, 4.69) is 25.7 Å². The molecule has 0 saturated carbocycles. The lowest BCUT2D eigenvalue weighted by molar-refractivity contribution is -0.118. The predicted octanol–water partition coefficient (Wildman–Crippen LogP) is 2.90. The minimum Gasteiger partial charge on any atom is -0.272 e. The molecule has 8 nitrogen and oxygen atoms in total. The summed E-state index contributed by atoms with van der Waals surface area (Å²) < 4.78 is 1.80. The molecule has 0 aliphatic heterocycles. The Hall–Kier alpha value is -3.72. The summed E-state index contributed by atoms with van der Waals surface area (Å²) in [4.78, 5) is 15.9. The van der Waals surface area contributed by atoms with Gasteiger partial charge in [-0.05, 0) is 12.1 Å². The number of aromatic nitrogens is 5. The summed E-state index contributed by atoms with van der Waals surface area (Å²) in [5.74, 6) is -0.0548. The van der Waals surface area contributed by atoms with Crippen molar-refractivity contribution >= 4 is 23.9 Å². The van der Waals surface area contributed by atoms with Crippen LogP contribution in [0.4, 0.5) is 0 Å². The van der Waals surface area contributed by atoms with Crippen LogP contribution < -0.4 is 5.43 Å². The van der Waals surface area contributed by atoms with Crippen LogP contribution in [0.25, 0.3) is 16.9 Å². The number of benzene rings is 2. The molecule has 2 heterocycles. The fraction of sp³-hybridized carbons (Fsp3) is 0.0500. The number of nitrogens with zero attached hydrogens (tertiary/aromatic N) is 5. The molecule has 0 spiro atoms. The van der Waals surface area contributed by atoms with E-state index < -0.39 is 0 Å². The Morgan fingerprint density at radius 1 is 1.14 bits per heavy atom.